The average molecular weight is 146 g/mol. The van der Waals surface area contributed by atoms with Gasteiger partial charge in [-0.15, -0.1) is 11.8 Å². The highest BCUT2D eigenvalue weighted by molar-refractivity contribution is 7.99. The molecule has 1 heterocycles. The van der Waals surface area contributed by atoms with E-state index < -0.39 is 0 Å². The lowest BCUT2D eigenvalue weighted by Crippen LogP contribution is -2.45. The second kappa shape index (κ2) is 3.44. The van der Waals surface area contributed by atoms with Crippen molar-refractivity contribution >= 4 is 11.8 Å². The van der Waals surface area contributed by atoms with E-state index in [1.54, 1.807) is 0 Å². The number of hydrogen-bond acceptors (Lipinski definition) is 3. The molecule has 0 aromatic carbocycles. The second-order valence-electron chi connectivity index (χ2n) is 2.32. The molecule has 2 nitrogen and oxygen atoms in total. The van der Waals surface area contributed by atoms with Crippen LogP contribution in [0, 0.1) is 0 Å². The molecule has 0 aliphatic carbocycles. The summed E-state index contributed by atoms with van der Waals surface area (Å²) in [5.41, 5.74) is 3.36. The Labute approximate surface area is 61.0 Å². The van der Waals surface area contributed by atoms with Gasteiger partial charge in [-0.3, -0.25) is 0 Å². The Morgan fingerprint density at radius 1 is 1.78 bits per heavy atom. The zero-order valence-corrected chi connectivity index (χ0v) is 6.87. The van der Waals surface area contributed by atoms with Gasteiger partial charge >= 0.3 is 0 Å². The maximum Gasteiger partial charge on any atom is 0.0666 e. The van der Waals surface area contributed by atoms with Crippen molar-refractivity contribution < 1.29 is 0 Å². The third-order valence-corrected chi connectivity index (χ3v) is 2.74. The highest BCUT2D eigenvalue weighted by Crippen LogP contribution is 2.15. The topological polar surface area (TPSA) is 15.3 Å². The van der Waals surface area contributed by atoms with Gasteiger partial charge in [0.05, 0.1) is 5.37 Å². The van der Waals surface area contributed by atoms with Crippen LogP contribution < -0.4 is 5.43 Å². The molecule has 0 radical (unpaired) electrons. The summed E-state index contributed by atoms with van der Waals surface area (Å²) < 4.78 is 0. The van der Waals surface area contributed by atoms with Gasteiger partial charge < -0.3 is 0 Å². The van der Waals surface area contributed by atoms with Crippen molar-refractivity contribution in [1.82, 2.24) is 10.4 Å². The molecule has 1 rings (SSSR count). The van der Waals surface area contributed by atoms with Crippen LogP contribution in [0.15, 0.2) is 0 Å². The molecule has 1 atom stereocenters. The molecule has 1 fully saturated rings. The Morgan fingerprint density at radius 2 is 2.56 bits per heavy atom. The van der Waals surface area contributed by atoms with E-state index in [2.05, 4.69) is 24.4 Å². The predicted molar refractivity (Wildman–Crippen MR) is 42.3 cm³/mol. The number of thioether (sulfide) groups is 1. The quantitative estimate of drug-likeness (QED) is 0.592. The first-order chi connectivity index (χ1) is 4.33. The van der Waals surface area contributed by atoms with Gasteiger partial charge in [-0.05, 0) is 6.42 Å². The number of hydrogen-bond donors (Lipinski definition) is 1. The Kier molecular flexibility index (Phi) is 2.82. The second-order valence-corrected chi connectivity index (χ2v) is 3.63. The zero-order chi connectivity index (χ0) is 6.69. The molecule has 0 aromatic rings. The molecular weight excluding hydrogens is 132 g/mol. The molecule has 1 unspecified atom stereocenters. The first-order valence-corrected chi connectivity index (χ1v) is 4.46. The number of rotatable bonds is 1. The van der Waals surface area contributed by atoms with E-state index in [0.29, 0.717) is 5.37 Å². The molecule has 54 valence electrons. The molecule has 1 aliphatic heterocycles. The average Bonchev–Trinajstić information content (AvgIpc) is 1.88. The van der Waals surface area contributed by atoms with Gasteiger partial charge in [-0.25, -0.2) is 10.4 Å². The third-order valence-electron chi connectivity index (χ3n) is 1.48. The predicted octanol–water partition coefficient (Wildman–Crippen LogP) is 0.906. The summed E-state index contributed by atoms with van der Waals surface area (Å²) in [6, 6.07) is 0. The van der Waals surface area contributed by atoms with Crippen LogP contribution in [0.4, 0.5) is 0 Å². The molecule has 1 N–H and O–H groups in total. The van der Waals surface area contributed by atoms with E-state index >= 15 is 0 Å². The number of nitrogens with one attached hydrogen (secondary N) is 1. The SMILES string of the molecule is CCC1NN(C)CCS1. The van der Waals surface area contributed by atoms with Crippen LogP contribution in [0.1, 0.15) is 13.3 Å². The van der Waals surface area contributed by atoms with Crippen molar-refractivity contribution in [3.63, 3.8) is 0 Å². The van der Waals surface area contributed by atoms with Crippen molar-refractivity contribution in [3.8, 4) is 0 Å². The summed E-state index contributed by atoms with van der Waals surface area (Å²) in [6.45, 7) is 3.38. The molecular formula is C6H14N2S. The Bertz CT molecular complexity index is 87.1. The third kappa shape index (κ3) is 2.16. The molecule has 0 saturated carbocycles. The van der Waals surface area contributed by atoms with E-state index in [4.69, 9.17) is 0 Å². The fourth-order valence-electron chi connectivity index (χ4n) is 0.889. The molecule has 1 aliphatic rings. The fourth-order valence-corrected chi connectivity index (χ4v) is 2.04. The van der Waals surface area contributed by atoms with Gasteiger partial charge in [0.2, 0.25) is 0 Å². The van der Waals surface area contributed by atoms with Crippen LogP contribution in [-0.2, 0) is 0 Å². The number of hydrazine groups is 1. The molecule has 3 heteroatoms. The van der Waals surface area contributed by atoms with Gasteiger partial charge in [0.1, 0.15) is 0 Å². The van der Waals surface area contributed by atoms with Crippen molar-refractivity contribution in [2.24, 2.45) is 0 Å². The largest absolute Gasteiger partial charge is 0.246 e. The summed E-state index contributed by atoms with van der Waals surface area (Å²) in [7, 11) is 2.10. The highest BCUT2D eigenvalue weighted by Gasteiger charge is 2.13. The van der Waals surface area contributed by atoms with Crippen LogP contribution in [0.3, 0.4) is 0 Å². The molecule has 1 saturated heterocycles. The lowest BCUT2D eigenvalue weighted by Gasteiger charge is -2.29. The molecule has 0 bridgehead atoms. The van der Waals surface area contributed by atoms with Crippen LogP contribution in [-0.4, -0.2) is 29.7 Å². The molecule has 0 spiro atoms. The van der Waals surface area contributed by atoms with Gasteiger partial charge in [-0.2, -0.15) is 0 Å². The van der Waals surface area contributed by atoms with Crippen LogP contribution >= 0.6 is 11.8 Å². The Morgan fingerprint density at radius 3 is 3.00 bits per heavy atom. The molecule has 0 aromatic heterocycles. The summed E-state index contributed by atoms with van der Waals surface area (Å²) in [5, 5.41) is 2.83. The van der Waals surface area contributed by atoms with Crippen LogP contribution in [0.25, 0.3) is 0 Å². The maximum absolute atomic E-state index is 3.36. The first kappa shape index (κ1) is 7.38. The normalized spacial score (nSPS) is 30.7. The van der Waals surface area contributed by atoms with E-state index in [9.17, 15) is 0 Å². The van der Waals surface area contributed by atoms with Gasteiger partial charge in [0.15, 0.2) is 0 Å². The maximum atomic E-state index is 3.36. The minimum atomic E-state index is 0.656. The van der Waals surface area contributed by atoms with Crippen LogP contribution in [0.5, 0.6) is 0 Å². The standard InChI is InChI=1S/C6H14N2S/c1-3-6-7-8(2)4-5-9-6/h6-7H,3-5H2,1-2H3. The van der Waals surface area contributed by atoms with E-state index in [-0.39, 0.29) is 0 Å². The highest BCUT2D eigenvalue weighted by atomic mass is 32.2. The minimum absolute atomic E-state index is 0.656. The lowest BCUT2D eigenvalue weighted by molar-refractivity contribution is 0.229. The van der Waals surface area contributed by atoms with E-state index in [1.165, 1.54) is 18.7 Å². The van der Waals surface area contributed by atoms with Crippen molar-refractivity contribution in [2.45, 2.75) is 18.7 Å². The molecule has 0 amide bonds. The summed E-state index contributed by atoms with van der Waals surface area (Å²) >= 11 is 2.01. The Balaban J connectivity index is 2.23. The summed E-state index contributed by atoms with van der Waals surface area (Å²) in [5.74, 6) is 1.27. The first-order valence-electron chi connectivity index (χ1n) is 3.42. The zero-order valence-electron chi connectivity index (χ0n) is 6.05. The van der Waals surface area contributed by atoms with E-state index in [1.807, 2.05) is 11.8 Å². The van der Waals surface area contributed by atoms with E-state index in [0.717, 1.165) is 0 Å². The minimum Gasteiger partial charge on any atom is -0.246 e. The van der Waals surface area contributed by atoms with Crippen molar-refractivity contribution in [3.05, 3.63) is 0 Å². The van der Waals surface area contributed by atoms with Crippen molar-refractivity contribution in [1.29, 1.82) is 0 Å². The lowest BCUT2D eigenvalue weighted by atomic mass is 10.5. The summed E-state index contributed by atoms with van der Waals surface area (Å²) in [4.78, 5) is 0. The Hall–Kier alpha value is 0.270. The monoisotopic (exact) mass is 146 g/mol. The number of nitrogens with zero attached hydrogens (tertiary/aromatic N) is 1. The smallest absolute Gasteiger partial charge is 0.0666 e. The van der Waals surface area contributed by atoms with Crippen molar-refractivity contribution in [2.75, 3.05) is 19.3 Å². The van der Waals surface area contributed by atoms with Gasteiger partial charge in [-0.1, -0.05) is 6.92 Å². The fraction of sp³-hybridized carbons (Fsp3) is 1.00. The van der Waals surface area contributed by atoms with Crippen LogP contribution in [0.2, 0.25) is 0 Å². The van der Waals surface area contributed by atoms with Gasteiger partial charge in [0.25, 0.3) is 0 Å². The summed E-state index contributed by atoms with van der Waals surface area (Å²) in [6.07, 6.45) is 1.22. The van der Waals surface area contributed by atoms with Gasteiger partial charge in [0, 0.05) is 19.3 Å². The molecule has 9 heavy (non-hydrogen) atoms.